The van der Waals surface area contributed by atoms with Crippen molar-refractivity contribution in [2.45, 2.75) is 13.2 Å². The van der Waals surface area contributed by atoms with E-state index < -0.39 is 0 Å². The van der Waals surface area contributed by atoms with Gasteiger partial charge in [-0.3, -0.25) is 4.79 Å². The summed E-state index contributed by atoms with van der Waals surface area (Å²) < 4.78 is 17.0. The number of nitrogens with zero attached hydrogens (tertiary/aromatic N) is 1. The van der Waals surface area contributed by atoms with Crippen LogP contribution < -0.4 is 19.6 Å². The molecular weight excluding hydrogens is 440 g/mol. The van der Waals surface area contributed by atoms with Gasteiger partial charge in [-0.2, -0.15) is 5.10 Å². The van der Waals surface area contributed by atoms with Crippen LogP contribution in [0.5, 0.6) is 17.2 Å². The number of hydrazone groups is 1. The van der Waals surface area contributed by atoms with Crippen LogP contribution in [0.25, 0.3) is 0 Å². The van der Waals surface area contributed by atoms with E-state index in [0.29, 0.717) is 19.0 Å². The standard InChI is InChI=1S/C29H26N2O4/c32-29(22-35-28-17-15-27(16-18-28)34-21-25-9-5-2-6-10-25)31-30-19-23-11-13-26(14-12-23)33-20-24-7-3-1-4-8-24/h1-19H,20-22H2,(H,31,32)/b30-19-. The fraction of sp³-hybridized carbons (Fsp3) is 0.103. The SMILES string of the molecule is O=C(COc1ccc(OCc2ccccc2)cc1)N/N=C\c1ccc(OCc2ccccc2)cc1. The summed E-state index contributed by atoms with van der Waals surface area (Å²) in [5.74, 6) is 1.71. The van der Waals surface area contributed by atoms with Crippen LogP contribution in [-0.4, -0.2) is 18.7 Å². The second kappa shape index (κ2) is 12.6. The van der Waals surface area contributed by atoms with Crippen LogP contribution in [0, 0.1) is 0 Å². The van der Waals surface area contributed by atoms with Crippen LogP contribution in [0.1, 0.15) is 16.7 Å². The third-order valence-corrected chi connectivity index (χ3v) is 4.97. The number of hydrogen-bond acceptors (Lipinski definition) is 5. The molecule has 4 aromatic carbocycles. The fourth-order valence-electron chi connectivity index (χ4n) is 3.12. The van der Waals surface area contributed by atoms with Gasteiger partial charge in [0.05, 0.1) is 6.21 Å². The number of carbonyl (C=O) groups is 1. The van der Waals surface area contributed by atoms with Gasteiger partial charge in [0, 0.05) is 0 Å². The molecule has 4 rings (SSSR count). The molecule has 0 spiro atoms. The summed E-state index contributed by atoms with van der Waals surface area (Å²) in [6, 6.07) is 34.5. The van der Waals surface area contributed by atoms with Crippen LogP contribution >= 0.6 is 0 Å². The molecule has 0 bridgehead atoms. The molecule has 35 heavy (non-hydrogen) atoms. The molecule has 0 heterocycles. The van der Waals surface area contributed by atoms with Gasteiger partial charge in [-0.05, 0) is 65.2 Å². The van der Waals surface area contributed by atoms with E-state index in [1.165, 1.54) is 0 Å². The van der Waals surface area contributed by atoms with Crippen LogP contribution in [0.2, 0.25) is 0 Å². The lowest BCUT2D eigenvalue weighted by molar-refractivity contribution is -0.123. The number of ether oxygens (including phenoxy) is 3. The third kappa shape index (κ3) is 8.05. The van der Waals surface area contributed by atoms with Crippen molar-refractivity contribution in [3.8, 4) is 17.2 Å². The lowest BCUT2D eigenvalue weighted by Gasteiger charge is -2.08. The number of carbonyl (C=O) groups excluding carboxylic acids is 1. The van der Waals surface area contributed by atoms with Crippen molar-refractivity contribution in [2.24, 2.45) is 5.10 Å². The highest BCUT2D eigenvalue weighted by Gasteiger charge is 2.03. The van der Waals surface area contributed by atoms with Crippen molar-refractivity contribution >= 4 is 12.1 Å². The van der Waals surface area contributed by atoms with Gasteiger partial charge in [-0.15, -0.1) is 0 Å². The molecule has 0 aliphatic heterocycles. The second-order valence-corrected chi connectivity index (χ2v) is 7.67. The van der Waals surface area contributed by atoms with E-state index >= 15 is 0 Å². The van der Waals surface area contributed by atoms with E-state index in [9.17, 15) is 4.79 Å². The molecule has 176 valence electrons. The van der Waals surface area contributed by atoms with Crippen molar-refractivity contribution < 1.29 is 19.0 Å². The Morgan fingerprint density at radius 2 is 1.09 bits per heavy atom. The molecule has 4 aromatic rings. The van der Waals surface area contributed by atoms with Gasteiger partial charge in [-0.1, -0.05) is 60.7 Å². The third-order valence-electron chi connectivity index (χ3n) is 4.97. The zero-order valence-electron chi connectivity index (χ0n) is 19.2. The van der Waals surface area contributed by atoms with Gasteiger partial charge in [-0.25, -0.2) is 5.43 Å². The summed E-state index contributed by atoms with van der Waals surface area (Å²) >= 11 is 0. The predicted octanol–water partition coefficient (Wildman–Crippen LogP) is 5.37. The van der Waals surface area contributed by atoms with Crippen molar-refractivity contribution in [3.63, 3.8) is 0 Å². The monoisotopic (exact) mass is 466 g/mol. The first-order chi connectivity index (χ1) is 17.2. The van der Waals surface area contributed by atoms with Crippen molar-refractivity contribution in [2.75, 3.05) is 6.61 Å². The van der Waals surface area contributed by atoms with Gasteiger partial charge >= 0.3 is 0 Å². The first-order valence-corrected chi connectivity index (χ1v) is 11.2. The summed E-state index contributed by atoms with van der Waals surface area (Å²) in [7, 11) is 0. The molecule has 1 amide bonds. The minimum Gasteiger partial charge on any atom is -0.489 e. The van der Waals surface area contributed by atoms with Gasteiger partial charge < -0.3 is 14.2 Å². The molecule has 0 unspecified atom stereocenters. The quantitative estimate of drug-likeness (QED) is 0.238. The summed E-state index contributed by atoms with van der Waals surface area (Å²) in [6.45, 7) is 0.854. The largest absolute Gasteiger partial charge is 0.489 e. The smallest absolute Gasteiger partial charge is 0.277 e. The van der Waals surface area contributed by atoms with Crippen molar-refractivity contribution in [1.82, 2.24) is 5.43 Å². The molecule has 0 saturated carbocycles. The Morgan fingerprint density at radius 1 is 0.629 bits per heavy atom. The first kappa shape index (κ1) is 23.6. The van der Waals surface area contributed by atoms with Gasteiger partial charge in [0.2, 0.25) is 0 Å². The van der Waals surface area contributed by atoms with E-state index in [-0.39, 0.29) is 12.5 Å². The maximum absolute atomic E-state index is 12.0. The molecule has 0 radical (unpaired) electrons. The lowest BCUT2D eigenvalue weighted by Crippen LogP contribution is -2.24. The van der Waals surface area contributed by atoms with Crippen LogP contribution in [0.15, 0.2) is 114 Å². The highest BCUT2D eigenvalue weighted by molar-refractivity contribution is 5.83. The van der Waals surface area contributed by atoms with E-state index in [1.54, 1.807) is 18.3 Å². The molecule has 0 saturated heterocycles. The predicted molar refractivity (Wildman–Crippen MR) is 136 cm³/mol. The molecule has 0 aromatic heterocycles. The maximum atomic E-state index is 12.0. The van der Waals surface area contributed by atoms with Crippen LogP contribution in [0.3, 0.4) is 0 Å². The number of rotatable bonds is 11. The lowest BCUT2D eigenvalue weighted by atomic mass is 10.2. The number of amides is 1. The zero-order chi connectivity index (χ0) is 24.1. The second-order valence-electron chi connectivity index (χ2n) is 7.67. The minimum absolute atomic E-state index is 0.145. The Balaban J connectivity index is 1.15. The summed E-state index contributed by atoms with van der Waals surface area (Å²) in [5, 5.41) is 3.98. The molecule has 1 N–H and O–H groups in total. The highest BCUT2D eigenvalue weighted by atomic mass is 16.5. The van der Waals surface area contributed by atoms with Crippen molar-refractivity contribution in [1.29, 1.82) is 0 Å². The minimum atomic E-state index is -0.353. The van der Waals surface area contributed by atoms with Gasteiger partial charge in [0.1, 0.15) is 30.5 Å². The molecule has 0 aliphatic carbocycles. The molecule has 6 nitrogen and oxygen atoms in total. The first-order valence-electron chi connectivity index (χ1n) is 11.2. The normalized spacial score (nSPS) is 10.6. The van der Waals surface area contributed by atoms with Crippen LogP contribution in [0.4, 0.5) is 0 Å². The van der Waals surface area contributed by atoms with E-state index in [4.69, 9.17) is 14.2 Å². The summed E-state index contributed by atoms with van der Waals surface area (Å²) in [4.78, 5) is 12.0. The molecule has 0 atom stereocenters. The maximum Gasteiger partial charge on any atom is 0.277 e. The average molecular weight is 467 g/mol. The van der Waals surface area contributed by atoms with Gasteiger partial charge in [0.15, 0.2) is 6.61 Å². The molecule has 6 heteroatoms. The fourth-order valence-corrected chi connectivity index (χ4v) is 3.12. The summed E-state index contributed by atoms with van der Waals surface area (Å²) in [5.41, 5.74) is 5.50. The van der Waals surface area contributed by atoms with Crippen LogP contribution in [-0.2, 0) is 18.0 Å². The summed E-state index contributed by atoms with van der Waals surface area (Å²) in [6.07, 6.45) is 1.57. The number of nitrogens with one attached hydrogen (secondary N) is 1. The van der Waals surface area contributed by atoms with E-state index in [0.717, 1.165) is 28.2 Å². The van der Waals surface area contributed by atoms with Gasteiger partial charge in [0.25, 0.3) is 5.91 Å². The Morgan fingerprint density at radius 3 is 1.60 bits per heavy atom. The number of benzene rings is 4. The molecular formula is C29H26N2O4. The number of hydrogen-bond donors (Lipinski definition) is 1. The van der Waals surface area contributed by atoms with Crippen molar-refractivity contribution in [3.05, 3.63) is 126 Å². The molecule has 0 fully saturated rings. The topological polar surface area (TPSA) is 69.2 Å². The van der Waals surface area contributed by atoms with E-state index in [1.807, 2.05) is 97.1 Å². The zero-order valence-corrected chi connectivity index (χ0v) is 19.2. The Kier molecular flexibility index (Phi) is 8.49. The Labute approximate surface area is 204 Å². The Hall–Kier alpha value is -4.58. The highest BCUT2D eigenvalue weighted by Crippen LogP contribution is 2.19. The van der Waals surface area contributed by atoms with E-state index in [2.05, 4.69) is 10.5 Å². The average Bonchev–Trinajstić information content (AvgIpc) is 2.92. The Bertz CT molecular complexity index is 1210. The molecule has 0 aliphatic rings.